The van der Waals surface area contributed by atoms with E-state index in [1.54, 1.807) is 13.1 Å². The molecule has 0 radical (unpaired) electrons. The minimum absolute atomic E-state index is 0.0529. The van der Waals surface area contributed by atoms with Crippen LogP contribution in [0.15, 0.2) is 23.2 Å². The molecule has 0 saturated carbocycles. The van der Waals surface area contributed by atoms with Crippen LogP contribution >= 0.6 is 23.2 Å². The van der Waals surface area contributed by atoms with Crippen LogP contribution in [0, 0.1) is 0 Å². The summed E-state index contributed by atoms with van der Waals surface area (Å²) in [7, 11) is 1.71. The highest BCUT2D eigenvalue weighted by Crippen LogP contribution is 2.21. The summed E-state index contributed by atoms with van der Waals surface area (Å²) in [5.74, 6) is 0.748. The quantitative estimate of drug-likeness (QED) is 0.354. The summed E-state index contributed by atoms with van der Waals surface area (Å²) in [6.45, 7) is 4.07. The second-order valence-corrected chi connectivity index (χ2v) is 6.21. The number of hydrogen-bond donors (Lipinski definition) is 3. The Kier molecular flexibility index (Phi) is 10.3. The smallest absolute Gasteiger partial charge is 0.221 e. The zero-order chi connectivity index (χ0) is 17.8. The first-order valence-corrected chi connectivity index (χ1v) is 8.97. The summed E-state index contributed by atoms with van der Waals surface area (Å²) in [6, 6.07) is 5.56. The molecule has 0 fully saturated rings. The van der Waals surface area contributed by atoms with Crippen molar-refractivity contribution in [2.45, 2.75) is 32.6 Å². The normalized spacial score (nSPS) is 11.2. The maximum atomic E-state index is 11.5. The number of guanidine groups is 1. The Morgan fingerprint density at radius 3 is 2.54 bits per heavy atom. The van der Waals surface area contributed by atoms with E-state index in [-0.39, 0.29) is 5.91 Å². The first-order valence-electron chi connectivity index (χ1n) is 8.22. The minimum Gasteiger partial charge on any atom is -0.356 e. The fraction of sp³-hybridized carbons (Fsp3) is 0.529. The van der Waals surface area contributed by atoms with E-state index < -0.39 is 0 Å². The van der Waals surface area contributed by atoms with E-state index in [2.05, 4.69) is 20.9 Å². The van der Waals surface area contributed by atoms with Crippen LogP contribution in [-0.2, 0) is 11.2 Å². The van der Waals surface area contributed by atoms with E-state index >= 15 is 0 Å². The van der Waals surface area contributed by atoms with Crippen molar-refractivity contribution in [2.24, 2.45) is 4.99 Å². The molecule has 5 nitrogen and oxygen atoms in total. The second-order valence-electron chi connectivity index (χ2n) is 5.37. The number of rotatable bonds is 9. The molecule has 0 saturated heterocycles. The largest absolute Gasteiger partial charge is 0.356 e. The maximum absolute atomic E-state index is 11.5. The maximum Gasteiger partial charge on any atom is 0.221 e. The van der Waals surface area contributed by atoms with E-state index in [0.29, 0.717) is 29.0 Å². The number of aryl methyl sites for hydroxylation is 1. The van der Waals surface area contributed by atoms with Crippen molar-refractivity contribution in [1.29, 1.82) is 0 Å². The SMILES string of the molecule is CCCNC(=O)CCNC(=NC)NCCCc1ccc(Cl)cc1Cl. The predicted molar refractivity (Wildman–Crippen MR) is 102 cm³/mol. The summed E-state index contributed by atoms with van der Waals surface area (Å²) in [5, 5.41) is 10.5. The van der Waals surface area contributed by atoms with Crippen LogP contribution in [0.1, 0.15) is 31.7 Å². The van der Waals surface area contributed by atoms with Crippen molar-refractivity contribution < 1.29 is 4.79 Å². The van der Waals surface area contributed by atoms with Gasteiger partial charge in [0.1, 0.15) is 0 Å². The first-order chi connectivity index (χ1) is 11.6. The van der Waals surface area contributed by atoms with Crippen molar-refractivity contribution in [3.05, 3.63) is 33.8 Å². The Bertz CT molecular complexity index is 549. The molecule has 0 aliphatic heterocycles. The first kappa shape index (κ1) is 20.6. The van der Waals surface area contributed by atoms with Crippen LogP contribution in [0.2, 0.25) is 10.0 Å². The van der Waals surface area contributed by atoms with Crippen LogP contribution in [0.3, 0.4) is 0 Å². The lowest BCUT2D eigenvalue weighted by molar-refractivity contribution is -0.120. The van der Waals surface area contributed by atoms with Gasteiger partial charge in [0.25, 0.3) is 0 Å². The molecule has 7 heteroatoms. The van der Waals surface area contributed by atoms with E-state index in [4.69, 9.17) is 23.2 Å². The second kappa shape index (κ2) is 12.0. The Morgan fingerprint density at radius 2 is 1.88 bits per heavy atom. The molecule has 0 aliphatic carbocycles. The summed E-state index contributed by atoms with van der Waals surface area (Å²) in [4.78, 5) is 15.7. The summed E-state index contributed by atoms with van der Waals surface area (Å²) in [5.41, 5.74) is 1.08. The van der Waals surface area contributed by atoms with Gasteiger partial charge in [-0.3, -0.25) is 9.79 Å². The number of halogens is 2. The monoisotopic (exact) mass is 372 g/mol. The number of benzene rings is 1. The van der Waals surface area contributed by atoms with Gasteiger partial charge in [0.05, 0.1) is 0 Å². The average molecular weight is 373 g/mol. The standard InChI is InChI=1S/C17H26Cl2N4O/c1-3-9-21-16(24)8-11-23-17(20-2)22-10-4-5-13-6-7-14(18)12-15(13)19/h6-7,12H,3-5,8-11H2,1-2H3,(H,21,24)(H2,20,22,23). The van der Waals surface area contributed by atoms with E-state index in [1.807, 2.05) is 19.1 Å². The van der Waals surface area contributed by atoms with Gasteiger partial charge in [-0.25, -0.2) is 0 Å². The lowest BCUT2D eigenvalue weighted by atomic mass is 10.1. The number of carbonyl (C=O) groups is 1. The van der Waals surface area contributed by atoms with Gasteiger partial charge in [0.15, 0.2) is 5.96 Å². The van der Waals surface area contributed by atoms with Crippen LogP contribution < -0.4 is 16.0 Å². The molecular weight excluding hydrogens is 347 g/mol. The summed E-state index contributed by atoms with van der Waals surface area (Å²) < 4.78 is 0. The number of nitrogens with one attached hydrogen (secondary N) is 3. The molecule has 1 aromatic carbocycles. The fourth-order valence-corrected chi connectivity index (χ4v) is 2.58. The van der Waals surface area contributed by atoms with Gasteiger partial charge in [-0.2, -0.15) is 0 Å². The topological polar surface area (TPSA) is 65.5 Å². The molecule has 0 unspecified atom stereocenters. The zero-order valence-corrected chi connectivity index (χ0v) is 15.8. The lowest BCUT2D eigenvalue weighted by Gasteiger charge is -2.12. The van der Waals surface area contributed by atoms with Crippen LogP contribution in [0.4, 0.5) is 0 Å². The Morgan fingerprint density at radius 1 is 1.12 bits per heavy atom. The third-order valence-corrected chi connectivity index (χ3v) is 3.96. The predicted octanol–water partition coefficient (Wildman–Crippen LogP) is 3.01. The Hall–Kier alpha value is -1.46. The summed E-state index contributed by atoms with van der Waals surface area (Å²) >= 11 is 12.0. The molecule has 1 aromatic rings. The van der Waals surface area contributed by atoms with E-state index in [0.717, 1.165) is 37.9 Å². The van der Waals surface area contributed by atoms with Gasteiger partial charge in [0.2, 0.25) is 5.91 Å². The molecule has 24 heavy (non-hydrogen) atoms. The molecule has 0 spiro atoms. The minimum atomic E-state index is 0.0529. The molecule has 1 amide bonds. The van der Waals surface area contributed by atoms with E-state index in [1.165, 1.54) is 0 Å². The van der Waals surface area contributed by atoms with Crippen LogP contribution in [-0.4, -0.2) is 38.5 Å². The van der Waals surface area contributed by atoms with Gasteiger partial charge in [0, 0.05) is 43.1 Å². The zero-order valence-electron chi connectivity index (χ0n) is 14.3. The highest BCUT2D eigenvalue weighted by Gasteiger charge is 2.03. The van der Waals surface area contributed by atoms with Crippen molar-refractivity contribution in [3.63, 3.8) is 0 Å². The van der Waals surface area contributed by atoms with Gasteiger partial charge in [-0.05, 0) is 37.0 Å². The van der Waals surface area contributed by atoms with Gasteiger partial charge in [-0.1, -0.05) is 36.2 Å². The number of amides is 1. The number of nitrogens with zero attached hydrogens (tertiary/aromatic N) is 1. The molecule has 0 aromatic heterocycles. The van der Waals surface area contributed by atoms with Crippen molar-refractivity contribution in [2.75, 3.05) is 26.7 Å². The molecule has 134 valence electrons. The number of aliphatic imine (C=N–C) groups is 1. The highest BCUT2D eigenvalue weighted by molar-refractivity contribution is 6.35. The van der Waals surface area contributed by atoms with Crippen molar-refractivity contribution in [3.8, 4) is 0 Å². The van der Waals surface area contributed by atoms with Crippen molar-refractivity contribution >= 4 is 35.1 Å². The van der Waals surface area contributed by atoms with Crippen LogP contribution in [0.25, 0.3) is 0 Å². The summed E-state index contributed by atoms with van der Waals surface area (Å²) in [6.07, 6.45) is 3.15. The van der Waals surface area contributed by atoms with Crippen molar-refractivity contribution in [1.82, 2.24) is 16.0 Å². The Balaban J connectivity index is 2.21. The lowest BCUT2D eigenvalue weighted by Crippen LogP contribution is -2.39. The molecule has 1 rings (SSSR count). The fourth-order valence-electron chi connectivity index (χ4n) is 2.08. The average Bonchev–Trinajstić information content (AvgIpc) is 2.56. The molecule has 0 atom stereocenters. The third kappa shape index (κ3) is 8.41. The Labute approximate surface area is 154 Å². The van der Waals surface area contributed by atoms with Crippen LogP contribution in [0.5, 0.6) is 0 Å². The van der Waals surface area contributed by atoms with E-state index in [9.17, 15) is 4.79 Å². The highest BCUT2D eigenvalue weighted by atomic mass is 35.5. The molecule has 0 heterocycles. The van der Waals surface area contributed by atoms with Gasteiger partial charge >= 0.3 is 0 Å². The third-order valence-electron chi connectivity index (χ3n) is 3.37. The van der Waals surface area contributed by atoms with Gasteiger partial charge < -0.3 is 16.0 Å². The molecular formula is C17H26Cl2N4O. The number of carbonyl (C=O) groups excluding carboxylic acids is 1. The number of hydrogen-bond acceptors (Lipinski definition) is 2. The molecule has 3 N–H and O–H groups in total. The van der Waals surface area contributed by atoms with Gasteiger partial charge in [-0.15, -0.1) is 0 Å². The molecule has 0 aliphatic rings. The molecule has 0 bridgehead atoms.